The minimum Gasteiger partial charge on any atom is -0.497 e. The third kappa shape index (κ3) is 6.06. The molecule has 2 aromatic rings. The number of ether oxygens (including phenoxy) is 2. The van der Waals surface area contributed by atoms with E-state index in [2.05, 4.69) is 42.4 Å². The van der Waals surface area contributed by atoms with Gasteiger partial charge in [-0.3, -0.25) is 4.79 Å². The molecule has 1 aromatic carbocycles. The van der Waals surface area contributed by atoms with Crippen LogP contribution in [-0.4, -0.2) is 25.8 Å². The maximum absolute atomic E-state index is 11.8. The van der Waals surface area contributed by atoms with Crippen molar-refractivity contribution in [2.24, 2.45) is 5.10 Å². The van der Waals surface area contributed by atoms with Crippen molar-refractivity contribution in [2.75, 3.05) is 13.7 Å². The topological polar surface area (TPSA) is 73.1 Å². The third-order valence-corrected chi connectivity index (χ3v) is 4.10. The molecule has 6 nitrogen and oxygen atoms in total. The number of nitrogens with one attached hydrogen (secondary N) is 1. The lowest BCUT2D eigenvalue weighted by molar-refractivity contribution is -0.123. The second-order valence-corrected chi connectivity index (χ2v) is 6.61. The normalized spacial score (nSPS) is 11.6. The average Bonchev–Trinajstić information content (AvgIpc) is 3.06. The molecule has 0 fully saturated rings. The Bertz CT molecular complexity index is 763. The molecule has 1 amide bonds. The smallest absolute Gasteiger partial charge is 0.277 e. The number of methoxy groups -OCH3 is 1. The molecule has 0 aliphatic carbocycles. The first-order chi connectivity index (χ1) is 12.0. The number of hydrogen-bond donors (Lipinski definition) is 1. The van der Waals surface area contributed by atoms with Gasteiger partial charge in [0.15, 0.2) is 6.61 Å². The number of amides is 1. The molecule has 1 aromatic heterocycles. The van der Waals surface area contributed by atoms with Crippen molar-refractivity contribution >= 4 is 50.1 Å². The Balaban J connectivity index is 1.86. The fraction of sp³-hybridized carbons (Fsp3) is 0.176. The molecule has 0 saturated heterocycles. The summed E-state index contributed by atoms with van der Waals surface area (Å²) < 4.78 is 17.2. The highest BCUT2D eigenvalue weighted by Gasteiger charge is 2.11. The highest BCUT2D eigenvalue weighted by molar-refractivity contribution is 9.11. The summed E-state index contributed by atoms with van der Waals surface area (Å²) in [5, 5.41) is 3.88. The molecule has 0 saturated carbocycles. The summed E-state index contributed by atoms with van der Waals surface area (Å²) >= 11 is 6.75. The fourth-order valence-corrected chi connectivity index (χ4v) is 3.18. The molecule has 132 valence electrons. The number of benzene rings is 1. The number of hydrazone groups is 1. The van der Waals surface area contributed by atoms with E-state index < -0.39 is 0 Å². The van der Waals surface area contributed by atoms with Crippen LogP contribution in [0.3, 0.4) is 0 Å². The molecule has 2 rings (SSSR count). The molecule has 0 radical (unpaired) electrons. The van der Waals surface area contributed by atoms with Crippen molar-refractivity contribution in [1.82, 2.24) is 5.43 Å². The van der Waals surface area contributed by atoms with Crippen LogP contribution in [0.1, 0.15) is 12.7 Å². The molecular weight excluding hydrogens is 456 g/mol. The quantitative estimate of drug-likeness (QED) is 0.479. The van der Waals surface area contributed by atoms with E-state index in [-0.39, 0.29) is 12.5 Å². The maximum Gasteiger partial charge on any atom is 0.277 e. The average molecular weight is 472 g/mol. The van der Waals surface area contributed by atoms with E-state index in [0.717, 1.165) is 5.57 Å². The van der Waals surface area contributed by atoms with Crippen LogP contribution in [0.25, 0.3) is 6.08 Å². The number of allylic oxidation sites excluding steroid dienone is 1. The Hall–Kier alpha value is -2.06. The van der Waals surface area contributed by atoms with Crippen LogP contribution in [0.15, 0.2) is 54.6 Å². The third-order valence-electron chi connectivity index (χ3n) is 2.93. The molecule has 0 aliphatic heterocycles. The lowest BCUT2D eigenvalue weighted by Crippen LogP contribution is -2.24. The van der Waals surface area contributed by atoms with Gasteiger partial charge in [-0.15, -0.1) is 0 Å². The van der Waals surface area contributed by atoms with E-state index in [9.17, 15) is 4.79 Å². The van der Waals surface area contributed by atoms with E-state index in [1.54, 1.807) is 37.6 Å². The summed E-state index contributed by atoms with van der Waals surface area (Å²) in [6.07, 6.45) is 4.92. The molecule has 1 N–H and O–H groups in total. The van der Waals surface area contributed by atoms with Gasteiger partial charge in [-0.25, -0.2) is 5.43 Å². The fourth-order valence-electron chi connectivity index (χ4n) is 1.80. The van der Waals surface area contributed by atoms with Gasteiger partial charge in [0.1, 0.15) is 17.3 Å². The Morgan fingerprint density at radius 3 is 2.68 bits per heavy atom. The number of nitrogens with zero attached hydrogens (tertiary/aromatic N) is 1. The lowest BCUT2D eigenvalue weighted by Gasteiger charge is -2.11. The van der Waals surface area contributed by atoms with Crippen LogP contribution in [0.5, 0.6) is 11.5 Å². The number of hydrogen-bond acceptors (Lipinski definition) is 5. The summed E-state index contributed by atoms with van der Waals surface area (Å²) in [5.74, 6) is 1.51. The van der Waals surface area contributed by atoms with Crippen molar-refractivity contribution in [3.8, 4) is 11.5 Å². The number of furan rings is 1. The van der Waals surface area contributed by atoms with Crippen LogP contribution in [-0.2, 0) is 4.79 Å². The van der Waals surface area contributed by atoms with Gasteiger partial charge in [0.25, 0.3) is 5.91 Å². The Kier molecular flexibility index (Phi) is 7.27. The summed E-state index contributed by atoms with van der Waals surface area (Å²) in [6, 6.07) is 7.12. The molecule has 0 unspecified atom stereocenters. The van der Waals surface area contributed by atoms with Gasteiger partial charge in [0.05, 0.1) is 28.5 Å². The van der Waals surface area contributed by atoms with Crippen molar-refractivity contribution in [1.29, 1.82) is 0 Å². The van der Waals surface area contributed by atoms with Crippen LogP contribution in [0.4, 0.5) is 0 Å². The van der Waals surface area contributed by atoms with Crippen molar-refractivity contribution < 1.29 is 18.7 Å². The van der Waals surface area contributed by atoms with Gasteiger partial charge in [-0.2, -0.15) is 5.10 Å². The predicted molar refractivity (Wildman–Crippen MR) is 103 cm³/mol. The van der Waals surface area contributed by atoms with Crippen molar-refractivity contribution in [3.63, 3.8) is 0 Å². The maximum atomic E-state index is 11.8. The first-order valence-electron chi connectivity index (χ1n) is 7.19. The Morgan fingerprint density at radius 1 is 1.36 bits per heavy atom. The number of carbonyl (C=O) groups excluding carboxylic acids is 1. The standard InChI is InChI=1S/C17H16Br2N2O4/c1-11(6-12-4-3-5-24-12)9-20-21-16(22)10-25-17-14(18)7-13(23-2)8-15(17)19/h3-9H,10H2,1-2H3,(H,21,22)/b11-6+,20-9+. The van der Waals surface area contributed by atoms with E-state index in [1.165, 1.54) is 6.21 Å². The number of halogens is 2. The molecule has 0 spiro atoms. The summed E-state index contributed by atoms with van der Waals surface area (Å²) in [7, 11) is 1.57. The Labute approximate surface area is 162 Å². The SMILES string of the molecule is COc1cc(Br)c(OCC(=O)N/N=C/C(C)=C/c2ccco2)c(Br)c1. The largest absolute Gasteiger partial charge is 0.497 e. The molecule has 0 atom stereocenters. The van der Waals surface area contributed by atoms with Crippen LogP contribution >= 0.6 is 31.9 Å². The highest BCUT2D eigenvalue weighted by atomic mass is 79.9. The predicted octanol–water partition coefficient (Wildman–Crippen LogP) is 4.40. The van der Waals surface area contributed by atoms with E-state index in [4.69, 9.17) is 13.9 Å². The molecular formula is C17H16Br2N2O4. The first kappa shape index (κ1) is 19.3. The second-order valence-electron chi connectivity index (χ2n) is 4.91. The Morgan fingerprint density at radius 2 is 2.08 bits per heavy atom. The zero-order chi connectivity index (χ0) is 18.2. The van der Waals surface area contributed by atoms with Crippen LogP contribution < -0.4 is 14.9 Å². The van der Waals surface area contributed by atoms with Gasteiger partial charge in [0.2, 0.25) is 0 Å². The molecule has 25 heavy (non-hydrogen) atoms. The van der Waals surface area contributed by atoms with Gasteiger partial charge in [-0.05, 0) is 74.7 Å². The minimum atomic E-state index is -0.378. The zero-order valence-electron chi connectivity index (χ0n) is 13.6. The monoisotopic (exact) mass is 470 g/mol. The van der Waals surface area contributed by atoms with E-state index >= 15 is 0 Å². The van der Waals surface area contributed by atoms with Crippen molar-refractivity contribution in [2.45, 2.75) is 6.92 Å². The molecule has 8 heteroatoms. The van der Waals surface area contributed by atoms with Gasteiger partial charge >= 0.3 is 0 Å². The van der Waals surface area contributed by atoms with Gasteiger partial charge < -0.3 is 13.9 Å². The highest BCUT2D eigenvalue weighted by Crippen LogP contribution is 2.37. The number of rotatable bonds is 7. The summed E-state index contributed by atoms with van der Waals surface area (Å²) in [5.41, 5.74) is 3.23. The molecule has 0 aliphatic rings. The summed E-state index contributed by atoms with van der Waals surface area (Å²) in [4.78, 5) is 11.8. The van der Waals surface area contributed by atoms with Crippen molar-refractivity contribution in [3.05, 3.63) is 50.8 Å². The molecule has 1 heterocycles. The molecule has 0 bridgehead atoms. The van der Waals surface area contributed by atoms with Gasteiger partial charge in [-0.1, -0.05) is 0 Å². The zero-order valence-corrected chi connectivity index (χ0v) is 16.8. The number of carbonyl (C=O) groups is 1. The second kappa shape index (κ2) is 9.43. The minimum absolute atomic E-state index is 0.179. The van der Waals surface area contributed by atoms with Gasteiger partial charge in [0, 0.05) is 0 Å². The van der Waals surface area contributed by atoms with Crippen LogP contribution in [0.2, 0.25) is 0 Å². The lowest BCUT2D eigenvalue weighted by atomic mass is 10.3. The van der Waals surface area contributed by atoms with E-state index in [1.807, 2.05) is 13.0 Å². The summed E-state index contributed by atoms with van der Waals surface area (Å²) in [6.45, 7) is 1.67. The van der Waals surface area contributed by atoms with Crippen LogP contribution in [0, 0.1) is 0 Å². The first-order valence-corrected chi connectivity index (χ1v) is 8.77. The van der Waals surface area contributed by atoms with E-state index in [0.29, 0.717) is 26.2 Å².